The van der Waals surface area contributed by atoms with Gasteiger partial charge in [-0.3, -0.25) is 10.1 Å². The largest absolute Gasteiger partial charge is 0.368 e. The summed E-state index contributed by atoms with van der Waals surface area (Å²) in [5, 5.41) is 3.27. The first-order valence-corrected chi connectivity index (χ1v) is 6.21. The van der Waals surface area contributed by atoms with Gasteiger partial charge in [-0.25, -0.2) is 0 Å². The van der Waals surface area contributed by atoms with E-state index < -0.39 is 0 Å². The van der Waals surface area contributed by atoms with Crippen molar-refractivity contribution in [2.24, 2.45) is 5.73 Å². The van der Waals surface area contributed by atoms with E-state index in [0.717, 1.165) is 17.3 Å². The van der Waals surface area contributed by atoms with Crippen molar-refractivity contribution in [3.8, 4) is 0 Å². The minimum absolute atomic E-state index is 0.245. The molecule has 3 N–H and O–H groups in total. The van der Waals surface area contributed by atoms with Crippen molar-refractivity contribution < 1.29 is 4.79 Å². The molecular formula is C12H15BrN2O. The molecule has 3 nitrogen and oxygen atoms in total. The summed E-state index contributed by atoms with van der Waals surface area (Å²) >= 11 is 3.55. The molecular weight excluding hydrogens is 268 g/mol. The Labute approximate surface area is 104 Å². The van der Waals surface area contributed by atoms with Crippen molar-refractivity contribution in [2.75, 3.05) is 0 Å². The molecule has 1 aliphatic carbocycles. The highest BCUT2D eigenvalue weighted by Crippen LogP contribution is 2.35. The summed E-state index contributed by atoms with van der Waals surface area (Å²) in [5.74, 6) is -0.302. The Bertz CT molecular complexity index is 419. The van der Waals surface area contributed by atoms with Gasteiger partial charge in [-0.2, -0.15) is 0 Å². The van der Waals surface area contributed by atoms with Gasteiger partial charge in [0.25, 0.3) is 0 Å². The molecule has 86 valence electrons. The molecule has 2 unspecified atom stereocenters. The standard InChI is InChI=1S/C12H15BrN2O/c1-7(12(14)16)15-11-6-5-8-9(11)3-2-4-10(8)13/h2-4,7,11,15H,5-6H2,1H3,(H2,14,16). The second-order valence-electron chi connectivity index (χ2n) is 4.19. The number of rotatable bonds is 3. The predicted octanol–water partition coefficient (Wildman–Crippen LogP) is 1.90. The lowest BCUT2D eigenvalue weighted by atomic mass is 10.1. The van der Waals surface area contributed by atoms with Crippen molar-refractivity contribution in [3.05, 3.63) is 33.8 Å². The van der Waals surface area contributed by atoms with Crippen LogP contribution in [0.3, 0.4) is 0 Å². The molecule has 1 aliphatic rings. The van der Waals surface area contributed by atoms with E-state index in [0.29, 0.717) is 0 Å². The lowest BCUT2D eigenvalue weighted by Gasteiger charge is -2.18. The third kappa shape index (κ3) is 2.13. The highest BCUT2D eigenvalue weighted by Gasteiger charge is 2.25. The van der Waals surface area contributed by atoms with Gasteiger partial charge < -0.3 is 5.73 Å². The van der Waals surface area contributed by atoms with Crippen LogP contribution in [0.5, 0.6) is 0 Å². The van der Waals surface area contributed by atoms with Gasteiger partial charge in [-0.15, -0.1) is 0 Å². The minimum atomic E-state index is -0.302. The van der Waals surface area contributed by atoms with Crippen LogP contribution in [-0.2, 0) is 11.2 Å². The second kappa shape index (κ2) is 4.55. The first-order chi connectivity index (χ1) is 7.59. The van der Waals surface area contributed by atoms with Gasteiger partial charge in [0.2, 0.25) is 5.91 Å². The van der Waals surface area contributed by atoms with Gasteiger partial charge in [0.05, 0.1) is 6.04 Å². The van der Waals surface area contributed by atoms with Gasteiger partial charge in [-0.1, -0.05) is 28.1 Å². The number of amides is 1. The Hall–Kier alpha value is -0.870. The van der Waals surface area contributed by atoms with Crippen molar-refractivity contribution in [1.82, 2.24) is 5.32 Å². The Morgan fingerprint density at radius 1 is 1.62 bits per heavy atom. The first kappa shape index (κ1) is 11.6. The minimum Gasteiger partial charge on any atom is -0.368 e. The fourth-order valence-electron chi connectivity index (χ4n) is 2.17. The number of primary amides is 1. The van der Waals surface area contributed by atoms with Crippen LogP contribution in [0.4, 0.5) is 0 Å². The van der Waals surface area contributed by atoms with E-state index in [1.807, 2.05) is 6.07 Å². The second-order valence-corrected chi connectivity index (χ2v) is 5.04. The summed E-state index contributed by atoms with van der Waals surface area (Å²) in [6.07, 6.45) is 2.06. The number of carbonyl (C=O) groups excluding carboxylic acids is 1. The molecule has 16 heavy (non-hydrogen) atoms. The lowest BCUT2D eigenvalue weighted by Crippen LogP contribution is -2.40. The molecule has 0 radical (unpaired) electrons. The van der Waals surface area contributed by atoms with Gasteiger partial charge in [-0.05, 0) is 37.0 Å². The third-order valence-electron chi connectivity index (χ3n) is 3.09. The molecule has 0 fully saturated rings. The fraction of sp³-hybridized carbons (Fsp3) is 0.417. The molecule has 0 aromatic heterocycles. The van der Waals surface area contributed by atoms with E-state index in [4.69, 9.17) is 5.73 Å². The number of hydrogen-bond donors (Lipinski definition) is 2. The molecule has 0 saturated carbocycles. The first-order valence-electron chi connectivity index (χ1n) is 5.42. The van der Waals surface area contributed by atoms with Crippen LogP contribution in [0, 0.1) is 0 Å². The van der Waals surface area contributed by atoms with Crippen LogP contribution in [0.1, 0.15) is 30.5 Å². The summed E-state index contributed by atoms with van der Waals surface area (Å²) in [5.41, 5.74) is 7.88. The maximum atomic E-state index is 11.0. The van der Waals surface area contributed by atoms with Gasteiger partial charge in [0, 0.05) is 10.5 Å². The van der Waals surface area contributed by atoms with Crippen LogP contribution in [-0.4, -0.2) is 11.9 Å². The normalized spacial score (nSPS) is 20.5. The molecule has 1 amide bonds. The molecule has 0 aliphatic heterocycles. The van der Waals surface area contributed by atoms with Gasteiger partial charge >= 0.3 is 0 Å². The van der Waals surface area contributed by atoms with E-state index in [-0.39, 0.29) is 18.0 Å². The molecule has 2 rings (SSSR count). The fourth-order valence-corrected chi connectivity index (χ4v) is 2.75. The van der Waals surface area contributed by atoms with Crippen LogP contribution in [0.25, 0.3) is 0 Å². The maximum absolute atomic E-state index is 11.0. The highest BCUT2D eigenvalue weighted by molar-refractivity contribution is 9.10. The number of benzene rings is 1. The number of hydrogen-bond acceptors (Lipinski definition) is 2. The summed E-state index contributed by atoms with van der Waals surface area (Å²) < 4.78 is 1.15. The molecule has 0 saturated heterocycles. The summed E-state index contributed by atoms with van der Waals surface area (Å²) in [7, 11) is 0. The summed E-state index contributed by atoms with van der Waals surface area (Å²) in [6.45, 7) is 1.80. The van der Waals surface area contributed by atoms with Crippen molar-refractivity contribution in [2.45, 2.75) is 31.8 Å². The Morgan fingerprint density at radius 2 is 2.38 bits per heavy atom. The number of fused-ring (bicyclic) bond motifs is 1. The van der Waals surface area contributed by atoms with Crippen molar-refractivity contribution >= 4 is 21.8 Å². The van der Waals surface area contributed by atoms with Gasteiger partial charge in [0.1, 0.15) is 0 Å². The molecule has 0 bridgehead atoms. The van der Waals surface area contributed by atoms with Crippen LogP contribution >= 0.6 is 15.9 Å². The molecule has 2 atom stereocenters. The molecule has 1 aromatic carbocycles. The van der Waals surface area contributed by atoms with Crippen LogP contribution in [0.2, 0.25) is 0 Å². The van der Waals surface area contributed by atoms with E-state index in [1.165, 1.54) is 11.1 Å². The Morgan fingerprint density at radius 3 is 3.06 bits per heavy atom. The zero-order chi connectivity index (χ0) is 11.7. The Kier molecular flexibility index (Phi) is 3.30. The molecule has 1 aromatic rings. The number of nitrogens with two attached hydrogens (primary N) is 1. The number of nitrogens with one attached hydrogen (secondary N) is 1. The van der Waals surface area contributed by atoms with Gasteiger partial charge in [0.15, 0.2) is 0 Å². The average molecular weight is 283 g/mol. The van der Waals surface area contributed by atoms with Crippen LogP contribution < -0.4 is 11.1 Å². The quantitative estimate of drug-likeness (QED) is 0.890. The summed E-state index contributed by atoms with van der Waals surface area (Å²) in [4.78, 5) is 11.0. The number of carbonyl (C=O) groups is 1. The molecule has 0 spiro atoms. The molecule has 4 heteroatoms. The van der Waals surface area contributed by atoms with E-state index in [9.17, 15) is 4.79 Å². The van der Waals surface area contributed by atoms with Crippen molar-refractivity contribution in [1.29, 1.82) is 0 Å². The highest BCUT2D eigenvalue weighted by atomic mass is 79.9. The summed E-state index contributed by atoms with van der Waals surface area (Å²) in [6, 6.07) is 6.15. The number of halogens is 1. The van der Waals surface area contributed by atoms with E-state index >= 15 is 0 Å². The molecule has 0 heterocycles. The lowest BCUT2D eigenvalue weighted by molar-refractivity contribution is -0.119. The topological polar surface area (TPSA) is 55.1 Å². The van der Waals surface area contributed by atoms with Crippen molar-refractivity contribution in [3.63, 3.8) is 0 Å². The maximum Gasteiger partial charge on any atom is 0.234 e. The zero-order valence-electron chi connectivity index (χ0n) is 9.16. The average Bonchev–Trinajstić information content (AvgIpc) is 2.63. The third-order valence-corrected chi connectivity index (χ3v) is 3.83. The predicted molar refractivity (Wildman–Crippen MR) is 67.0 cm³/mol. The smallest absolute Gasteiger partial charge is 0.234 e. The monoisotopic (exact) mass is 282 g/mol. The van der Waals surface area contributed by atoms with E-state index in [1.54, 1.807) is 6.92 Å². The van der Waals surface area contributed by atoms with E-state index in [2.05, 4.69) is 33.4 Å². The van der Waals surface area contributed by atoms with Crippen LogP contribution in [0.15, 0.2) is 22.7 Å². The Balaban J connectivity index is 2.18. The SMILES string of the molecule is CC(NC1CCc2c(Br)cccc21)C(N)=O. The zero-order valence-corrected chi connectivity index (χ0v) is 10.8.